The molecule has 0 aliphatic rings. The Morgan fingerprint density at radius 3 is 2.22 bits per heavy atom. The van der Waals surface area contributed by atoms with Gasteiger partial charge >= 0.3 is 0 Å². The third kappa shape index (κ3) is 1.92. The molecule has 0 aliphatic heterocycles. The van der Waals surface area contributed by atoms with Gasteiger partial charge in [0.05, 0.1) is 7.11 Å². The van der Waals surface area contributed by atoms with E-state index in [1.165, 1.54) is 24.1 Å². The third-order valence-electron chi connectivity index (χ3n) is 3.50. The van der Waals surface area contributed by atoms with Crippen molar-refractivity contribution in [2.24, 2.45) is 0 Å². The van der Waals surface area contributed by atoms with Crippen LogP contribution in [0.1, 0.15) is 0 Å². The largest absolute Gasteiger partial charge is 0.493 e. The summed E-state index contributed by atoms with van der Waals surface area (Å²) >= 11 is 0. The summed E-state index contributed by atoms with van der Waals surface area (Å²) in [6.45, 7) is 0. The van der Waals surface area contributed by atoms with Crippen molar-refractivity contribution < 1.29 is 14.9 Å². The third-order valence-corrected chi connectivity index (χ3v) is 3.50. The van der Waals surface area contributed by atoms with Crippen LogP contribution in [0.3, 0.4) is 0 Å². The average molecular weight is 309 g/mol. The van der Waals surface area contributed by atoms with Gasteiger partial charge in [-0.25, -0.2) is 19.5 Å². The average Bonchev–Trinajstić information content (AvgIpc) is 2.85. The predicted octanol–water partition coefficient (Wildman–Crippen LogP) is 1.78. The molecule has 8 heteroatoms. The molecule has 0 aromatic carbocycles. The van der Waals surface area contributed by atoms with Gasteiger partial charge in [0.1, 0.15) is 5.82 Å². The molecule has 0 aliphatic carbocycles. The molecule has 8 nitrogen and oxygen atoms in total. The van der Waals surface area contributed by atoms with Gasteiger partial charge in [0.2, 0.25) is 17.6 Å². The van der Waals surface area contributed by atoms with Gasteiger partial charge in [-0.1, -0.05) is 0 Å². The monoisotopic (exact) mass is 309 g/mol. The van der Waals surface area contributed by atoms with Gasteiger partial charge in [0.25, 0.3) is 0 Å². The lowest BCUT2D eigenvalue weighted by Gasteiger charge is -2.07. The summed E-state index contributed by atoms with van der Waals surface area (Å²) in [6.07, 6.45) is 2.87. The lowest BCUT2D eigenvalue weighted by atomic mass is 10.3. The highest BCUT2D eigenvalue weighted by Crippen LogP contribution is 2.35. The van der Waals surface area contributed by atoms with E-state index in [9.17, 15) is 10.2 Å². The summed E-state index contributed by atoms with van der Waals surface area (Å²) in [7, 11) is 1.52. The predicted molar refractivity (Wildman–Crippen MR) is 81.8 cm³/mol. The van der Waals surface area contributed by atoms with E-state index in [-0.39, 0.29) is 22.8 Å². The van der Waals surface area contributed by atoms with E-state index in [2.05, 4.69) is 19.9 Å². The molecule has 0 atom stereocenters. The van der Waals surface area contributed by atoms with Gasteiger partial charge in [0, 0.05) is 23.8 Å². The van der Waals surface area contributed by atoms with Crippen molar-refractivity contribution in [3.8, 4) is 23.5 Å². The van der Waals surface area contributed by atoms with Crippen LogP contribution in [-0.4, -0.2) is 41.8 Å². The molecular weight excluding hydrogens is 298 g/mol. The second-order valence-electron chi connectivity index (χ2n) is 4.81. The summed E-state index contributed by atoms with van der Waals surface area (Å²) < 4.78 is 6.26. The number of fused-ring (bicyclic) bond motifs is 2. The fourth-order valence-corrected chi connectivity index (χ4v) is 2.40. The van der Waals surface area contributed by atoms with E-state index in [1.54, 1.807) is 18.2 Å². The molecule has 2 N–H and O–H groups in total. The van der Waals surface area contributed by atoms with Crippen molar-refractivity contribution in [3.05, 3.63) is 36.7 Å². The molecule has 0 amide bonds. The van der Waals surface area contributed by atoms with Gasteiger partial charge < -0.3 is 14.9 Å². The number of hydrogen-bond acceptors (Lipinski definition) is 7. The van der Waals surface area contributed by atoms with Crippen LogP contribution >= 0.6 is 0 Å². The van der Waals surface area contributed by atoms with Gasteiger partial charge in [-0.05, 0) is 18.2 Å². The first-order chi connectivity index (χ1) is 11.2. The van der Waals surface area contributed by atoms with Crippen molar-refractivity contribution >= 4 is 22.1 Å². The van der Waals surface area contributed by atoms with Crippen LogP contribution < -0.4 is 4.74 Å². The Bertz CT molecular complexity index is 1010. The summed E-state index contributed by atoms with van der Waals surface area (Å²) in [5.74, 6) is 0.255. The van der Waals surface area contributed by atoms with Gasteiger partial charge in [-0.2, -0.15) is 4.98 Å². The van der Waals surface area contributed by atoms with Crippen LogP contribution in [0.15, 0.2) is 36.7 Å². The van der Waals surface area contributed by atoms with Crippen molar-refractivity contribution in [2.75, 3.05) is 7.11 Å². The second kappa shape index (κ2) is 4.80. The summed E-state index contributed by atoms with van der Waals surface area (Å²) in [5, 5.41) is 21.4. The van der Waals surface area contributed by atoms with Crippen LogP contribution in [0.25, 0.3) is 27.9 Å². The SMILES string of the molecule is COc1ccc2ccc(-n3c(O)c4nccnc4c3O)nc2n1. The molecule has 0 saturated heterocycles. The fraction of sp³-hybridized carbons (Fsp3) is 0.0667. The molecule has 0 saturated carbocycles. The van der Waals surface area contributed by atoms with Crippen molar-refractivity contribution in [1.29, 1.82) is 0 Å². The molecule has 0 spiro atoms. The van der Waals surface area contributed by atoms with E-state index in [1.807, 2.05) is 6.07 Å². The minimum absolute atomic E-state index is 0.200. The standard InChI is InChI=1S/C15H11N5O3/c1-23-10-5-3-8-2-4-9(18-13(8)19-10)20-14(21)11-12(15(20)22)17-7-6-16-11/h2-7,21-22H,1H3. The Balaban J connectivity index is 1.98. The summed E-state index contributed by atoms with van der Waals surface area (Å²) in [6, 6.07) is 7.01. The zero-order valence-electron chi connectivity index (χ0n) is 12.0. The summed E-state index contributed by atoms with van der Waals surface area (Å²) in [4.78, 5) is 16.7. The maximum atomic E-state index is 10.3. The topological polar surface area (TPSA) is 106 Å². The maximum Gasteiger partial charge on any atom is 0.228 e. The van der Waals surface area contributed by atoms with E-state index >= 15 is 0 Å². The molecule has 23 heavy (non-hydrogen) atoms. The van der Waals surface area contributed by atoms with Gasteiger partial charge in [-0.3, -0.25) is 0 Å². The van der Waals surface area contributed by atoms with Gasteiger partial charge in [-0.15, -0.1) is 0 Å². The van der Waals surface area contributed by atoms with Crippen LogP contribution in [0.4, 0.5) is 0 Å². The Labute approximate surface area is 129 Å². The van der Waals surface area contributed by atoms with Crippen LogP contribution in [0, 0.1) is 0 Å². The van der Waals surface area contributed by atoms with Crippen LogP contribution in [0.5, 0.6) is 17.6 Å². The molecule has 0 fully saturated rings. The smallest absolute Gasteiger partial charge is 0.228 e. The van der Waals surface area contributed by atoms with E-state index in [0.717, 1.165) is 5.39 Å². The molecule has 114 valence electrons. The summed E-state index contributed by atoms with van der Waals surface area (Å²) in [5.41, 5.74) is 0.829. The minimum atomic E-state index is -0.236. The number of rotatable bonds is 2. The lowest BCUT2D eigenvalue weighted by Crippen LogP contribution is -1.98. The van der Waals surface area contributed by atoms with Crippen LogP contribution in [-0.2, 0) is 0 Å². The normalized spacial score (nSPS) is 11.2. The molecular formula is C15H11N5O3. The fourth-order valence-electron chi connectivity index (χ4n) is 2.40. The first-order valence-corrected chi connectivity index (χ1v) is 6.74. The molecule has 0 radical (unpaired) electrons. The number of aromatic nitrogens is 5. The number of ether oxygens (including phenoxy) is 1. The second-order valence-corrected chi connectivity index (χ2v) is 4.81. The Morgan fingerprint density at radius 2 is 1.57 bits per heavy atom. The Hall–Kier alpha value is -3.42. The number of hydrogen-bond donors (Lipinski definition) is 2. The Morgan fingerprint density at radius 1 is 0.913 bits per heavy atom. The van der Waals surface area contributed by atoms with E-state index in [0.29, 0.717) is 17.3 Å². The molecule has 4 aromatic rings. The number of pyridine rings is 2. The van der Waals surface area contributed by atoms with Crippen molar-refractivity contribution in [2.45, 2.75) is 0 Å². The number of methoxy groups -OCH3 is 1. The van der Waals surface area contributed by atoms with E-state index < -0.39 is 0 Å². The van der Waals surface area contributed by atoms with E-state index in [4.69, 9.17) is 4.74 Å². The first kappa shape index (κ1) is 13.3. The van der Waals surface area contributed by atoms with Crippen molar-refractivity contribution in [1.82, 2.24) is 24.5 Å². The molecule has 0 bridgehead atoms. The first-order valence-electron chi connectivity index (χ1n) is 6.74. The molecule has 4 heterocycles. The number of nitrogens with zero attached hydrogens (tertiary/aromatic N) is 5. The minimum Gasteiger partial charge on any atom is -0.493 e. The lowest BCUT2D eigenvalue weighted by molar-refractivity contribution is 0.399. The molecule has 4 aromatic heterocycles. The number of aromatic hydroxyl groups is 2. The quantitative estimate of drug-likeness (QED) is 0.581. The van der Waals surface area contributed by atoms with Crippen LogP contribution in [0.2, 0.25) is 0 Å². The Kier molecular flexibility index (Phi) is 2.77. The highest BCUT2D eigenvalue weighted by atomic mass is 16.5. The molecule has 0 unspecified atom stereocenters. The van der Waals surface area contributed by atoms with Crippen molar-refractivity contribution in [3.63, 3.8) is 0 Å². The molecule has 4 rings (SSSR count). The highest BCUT2D eigenvalue weighted by molar-refractivity contribution is 5.87. The zero-order valence-corrected chi connectivity index (χ0v) is 12.0. The zero-order chi connectivity index (χ0) is 16.0. The van der Waals surface area contributed by atoms with Gasteiger partial charge in [0.15, 0.2) is 16.7 Å². The highest BCUT2D eigenvalue weighted by Gasteiger charge is 2.20. The maximum absolute atomic E-state index is 10.3.